The van der Waals surface area contributed by atoms with Crippen molar-refractivity contribution in [1.82, 2.24) is 9.88 Å². The predicted molar refractivity (Wildman–Crippen MR) is 93.1 cm³/mol. The van der Waals surface area contributed by atoms with Crippen LogP contribution in [0.1, 0.15) is 28.0 Å². The van der Waals surface area contributed by atoms with Crippen molar-refractivity contribution in [2.75, 3.05) is 13.1 Å². The number of amides is 1. The Bertz CT molecular complexity index is 757. The number of benzene rings is 1. The van der Waals surface area contributed by atoms with Crippen LogP contribution in [0, 0.1) is 18.8 Å². The lowest BCUT2D eigenvalue weighted by Gasteiger charge is -2.34. The van der Waals surface area contributed by atoms with E-state index in [0.717, 1.165) is 16.3 Å². The molecular formula is C18H20N2O3S. The number of nitrogens with zero attached hydrogens (tertiary/aromatic N) is 2. The van der Waals surface area contributed by atoms with E-state index in [1.807, 2.05) is 44.2 Å². The maximum atomic E-state index is 13.0. The van der Waals surface area contributed by atoms with E-state index in [2.05, 4.69) is 4.98 Å². The van der Waals surface area contributed by atoms with Crippen LogP contribution in [0.4, 0.5) is 0 Å². The molecule has 126 valence electrons. The lowest BCUT2D eigenvalue weighted by Crippen LogP contribution is -2.44. The number of aromatic nitrogens is 1. The molecule has 2 aromatic rings. The normalized spacial score (nSPS) is 20.8. The standard InChI is InChI=1S/C18H20N2O3S/c1-11-10-20(9-8-14(11)18(22)23)17(21)16-15(19-12(2)24-16)13-6-4-3-5-7-13/h3-7,11,14H,8-10H2,1-2H3,(H,22,23). The molecule has 0 aliphatic carbocycles. The number of hydrogen-bond donors (Lipinski definition) is 1. The fourth-order valence-corrected chi connectivity index (χ4v) is 4.11. The Morgan fingerprint density at radius 1 is 1.29 bits per heavy atom. The number of rotatable bonds is 3. The topological polar surface area (TPSA) is 70.5 Å². The molecule has 2 unspecified atom stereocenters. The molecule has 1 aliphatic heterocycles. The summed E-state index contributed by atoms with van der Waals surface area (Å²) in [6.45, 7) is 4.74. The number of hydrogen-bond acceptors (Lipinski definition) is 4. The molecule has 1 N–H and O–H groups in total. The first-order valence-corrected chi connectivity index (χ1v) is 8.84. The van der Waals surface area contributed by atoms with Gasteiger partial charge in [-0.2, -0.15) is 0 Å². The van der Waals surface area contributed by atoms with Crippen molar-refractivity contribution < 1.29 is 14.7 Å². The third kappa shape index (κ3) is 3.19. The van der Waals surface area contributed by atoms with Crippen LogP contribution in [0.15, 0.2) is 30.3 Å². The highest BCUT2D eigenvalue weighted by atomic mass is 32.1. The summed E-state index contributed by atoms with van der Waals surface area (Å²) in [5, 5.41) is 10.1. The highest BCUT2D eigenvalue weighted by molar-refractivity contribution is 7.14. The molecule has 1 amide bonds. The SMILES string of the molecule is Cc1nc(-c2ccccc2)c(C(=O)N2CCC(C(=O)O)C(C)C2)s1. The third-order valence-electron chi connectivity index (χ3n) is 4.49. The fraction of sp³-hybridized carbons (Fsp3) is 0.389. The maximum absolute atomic E-state index is 13.0. The van der Waals surface area contributed by atoms with Gasteiger partial charge in [0, 0.05) is 18.7 Å². The van der Waals surface area contributed by atoms with Crippen molar-refractivity contribution in [3.05, 3.63) is 40.2 Å². The van der Waals surface area contributed by atoms with Crippen molar-refractivity contribution in [2.24, 2.45) is 11.8 Å². The Labute approximate surface area is 145 Å². The summed E-state index contributed by atoms with van der Waals surface area (Å²) in [6.07, 6.45) is 0.501. The number of carboxylic acids is 1. The molecule has 1 aromatic heterocycles. The van der Waals surface area contributed by atoms with Gasteiger partial charge in [-0.15, -0.1) is 11.3 Å². The first-order chi connectivity index (χ1) is 11.5. The first kappa shape index (κ1) is 16.6. The number of carboxylic acid groups (broad SMARTS) is 1. The Morgan fingerprint density at radius 2 is 2.00 bits per heavy atom. The zero-order valence-corrected chi connectivity index (χ0v) is 14.5. The average Bonchev–Trinajstić information content (AvgIpc) is 2.96. The molecule has 0 radical (unpaired) electrons. The van der Waals surface area contributed by atoms with Gasteiger partial charge in [-0.05, 0) is 19.3 Å². The largest absolute Gasteiger partial charge is 0.481 e. The van der Waals surface area contributed by atoms with Gasteiger partial charge in [-0.25, -0.2) is 4.98 Å². The number of likely N-dealkylation sites (tertiary alicyclic amines) is 1. The second-order valence-electron chi connectivity index (χ2n) is 6.24. The van der Waals surface area contributed by atoms with E-state index in [4.69, 9.17) is 0 Å². The van der Waals surface area contributed by atoms with Crippen LogP contribution in [0.2, 0.25) is 0 Å². The number of piperidine rings is 1. The molecule has 3 rings (SSSR count). The molecule has 6 heteroatoms. The van der Waals surface area contributed by atoms with Crippen LogP contribution in [0.5, 0.6) is 0 Å². The van der Waals surface area contributed by atoms with Crippen LogP contribution in [0.3, 0.4) is 0 Å². The van der Waals surface area contributed by atoms with Gasteiger partial charge < -0.3 is 10.0 Å². The molecule has 24 heavy (non-hydrogen) atoms. The van der Waals surface area contributed by atoms with E-state index in [1.165, 1.54) is 11.3 Å². The minimum Gasteiger partial charge on any atom is -0.481 e. The lowest BCUT2D eigenvalue weighted by molar-refractivity contribution is -0.145. The zero-order chi connectivity index (χ0) is 17.3. The number of carbonyl (C=O) groups is 2. The van der Waals surface area contributed by atoms with Gasteiger partial charge >= 0.3 is 5.97 Å². The molecule has 0 spiro atoms. The molecule has 1 fully saturated rings. The quantitative estimate of drug-likeness (QED) is 0.927. The molecule has 5 nitrogen and oxygen atoms in total. The summed E-state index contributed by atoms with van der Waals surface area (Å²) >= 11 is 1.40. The fourth-order valence-electron chi connectivity index (χ4n) is 3.20. The lowest BCUT2D eigenvalue weighted by atomic mass is 9.87. The number of thiazole rings is 1. The van der Waals surface area contributed by atoms with E-state index in [9.17, 15) is 14.7 Å². The van der Waals surface area contributed by atoms with E-state index >= 15 is 0 Å². The Hall–Kier alpha value is -2.21. The van der Waals surface area contributed by atoms with Gasteiger partial charge in [-0.3, -0.25) is 9.59 Å². The maximum Gasteiger partial charge on any atom is 0.306 e. The molecule has 2 atom stereocenters. The second-order valence-corrected chi connectivity index (χ2v) is 7.44. The molecule has 0 saturated carbocycles. The molecular weight excluding hydrogens is 324 g/mol. The van der Waals surface area contributed by atoms with Crippen molar-refractivity contribution in [1.29, 1.82) is 0 Å². The van der Waals surface area contributed by atoms with Crippen LogP contribution < -0.4 is 0 Å². The van der Waals surface area contributed by atoms with Crippen LogP contribution >= 0.6 is 11.3 Å². The minimum absolute atomic E-state index is 0.0462. The third-order valence-corrected chi connectivity index (χ3v) is 5.44. The van der Waals surface area contributed by atoms with Crippen molar-refractivity contribution in [3.63, 3.8) is 0 Å². The van der Waals surface area contributed by atoms with E-state index in [-0.39, 0.29) is 17.7 Å². The van der Waals surface area contributed by atoms with Crippen molar-refractivity contribution in [2.45, 2.75) is 20.3 Å². The van der Waals surface area contributed by atoms with E-state index in [1.54, 1.807) is 4.90 Å². The monoisotopic (exact) mass is 344 g/mol. The van der Waals surface area contributed by atoms with Crippen molar-refractivity contribution in [3.8, 4) is 11.3 Å². The van der Waals surface area contributed by atoms with E-state index in [0.29, 0.717) is 24.4 Å². The van der Waals surface area contributed by atoms with Gasteiger partial charge in [0.15, 0.2) is 0 Å². The summed E-state index contributed by atoms with van der Waals surface area (Å²) < 4.78 is 0. The smallest absolute Gasteiger partial charge is 0.306 e. The van der Waals surface area contributed by atoms with Crippen LogP contribution in [-0.2, 0) is 4.79 Å². The van der Waals surface area contributed by atoms with Gasteiger partial charge in [0.25, 0.3) is 5.91 Å². The average molecular weight is 344 g/mol. The second kappa shape index (κ2) is 6.73. The Morgan fingerprint density at radius 3 is 2.62 bits per heavy atom. The summed E-state index contributed by atoms with van der Waals surface area (Å²) in [4.78, 5) is 31.2. The summed E-state index contributed by atoms with van der Waals surface area (Å²) in [5.41, 5.74) is 1.65. The molecule has 2 heterocycles. The molecule has 1 saturated heterocycles. The molecule has 0 bridgehead atoms. The van der Waals surface area contributed by atoms with Gasteiger partial charge in [0.05, 0.1) is 16.6 Å². The summed E-state index contributed by atoms with van der Waals surface area (Å²) in [7, 11) is 0. The van der Waals surface area contributed by atoms with Gasteiger partial charge in [-0.1, -0.05) is 37.3 Å². The number of carbonyl (C=O) groups excluding carboxylic acids is 1. The van der Waals surface area contributed by atoms with Crippen molar-refractivity contribution >= 4 is 23.2 Å². The minimum atomic E-state index is -0.770. The number of aliphatic carboxylic acids is 1. The highest BCUT2D eigenvalue weighted by Gasteiger charge is 2.34. The Kier molecular flexibility index (Phi) is 4.66. The molecule has 1 aliphatic rings. The summed E-state index contributed by atoms with van der Waals surface area (Å²) in [5.74, 6) is -1.23. The van der Waals surface area contributed by atoms with E-state index < -0.39 is 5.97 Å². The summed E-state index contributed by atoms with van der Waals surface area (Å²) in [6, 6.07) is 9.69. The highest BCUT2D eigenvalue weighted by Crippen LogP contribution is 2.31. The molecule has 1 aromatic carbocycles. The predicted octanol–water partition coefficient (Wildman–Crippen LogP) is 3.30. The van der Waals surface area contributed by atoms with Gasteiger partial charge in [0.1, 0.15) is 4.88 Å². The van der Waals surface area contributed by atoms with Gasteiger partial charge in [0.2, 0.25) is 0 Å². The Balaban J connectivity index is 1.85. The number of aryl methyl sites for hydroxylation is 1. The first-order valence-electron chi connectivity index (χ1n) is 8.02. The van der Waals surface area contributed by atoms with Crippen LogP contribution in [-0.4, -0.2) is 40.0 Å². The van der Waals surface area contributed by atoms with Crippen LogP contribution in [0.25, 0.3) is 11.3 Å². The zero-order valence-electron chi connectivity index (χ0n) is 13.7.